The summed E-state index contributed by atoms with van der Waals surface area (Å²) in [6.45, 7) is 6.52. The number of nitrogens with one attached hydrogen (secondary N) is 1. The van der Waals surface area contributed by atoms with Crippen LogP contribution in [0.25, 0.3) is 0 Å². The van der Waals surface area contributed by atoms with E-state index in [2.05, 4.69) is 27.4 Å². The molecule has 0 radical (unpaired) electrons. The number of carbonyl (C=O) groups excluding carboxylic acids is 2. The van der Waals surface area contributed by atoms with Gasteiger partial charge in [-0.25, -0.2) is 4.79 Å². The van der Waals surface area contributed by atoms with Gasteiger partial charge in [-0.05, 0) is 32.4 Å². The molecule has 9 heteroatoms. The van der Waals surface area contributed by atoms with Gasteiger partial charge < -0.3 is 24.5 Å². The van der Waals surface area contributed by atoms with E-state index in [-0.39, 0.29) is 18.0 Å². The largest absolute Gasteiger partial charge is 0.340 e. The van der Waals surface area contributed by atoms with Crippen molar-refractivity contribution in [2.24, 2.45) is 0 Å². The van der Waals surface area contributed by atoms with Gasteiger partial charge in [-0.3, -0.25) is 4.79 Å². The number of urea groups is 1. The molecule has 2 aromatic rings. The van der Waals surface area contributed by atoms with Gasteiger partial charge in [0, 0.05) is 52.1 Å². The third-order valence-corrected chi connectivity index (χ3v) is 6.27. The molecule has 1 aromatic heterocycles. The predicted octanol–water partition coefficient (Wildman–Crippen LogP) is 2.13. The van der Waals surface area contributed by atoms with Crippen molar-refractivity contribution < 1.29 is 14.1 Å². The number of aromatic nitrogens is 2. The molecule has 4 rings (SSSR count). The lowest BCUT2D eigenvalue weighted by molar-refractivity contribution is -0.132. The van der Waals surface area contributed by atoms with Crippen molar-refractivity contribution in [1.82, 2.24) is 30.2 Å². The molecule has 0 bridgehead atoms. The molecule has 1 atom stereocenters. The van der Waals surface area contributed by atoms with Crippen molar-refractivity contribution in [1.29, 1.82) is 0 Å². The van der Waals surface area contributed by atoms with Crippen molar-refractivity contribution >= 4 is 11.9 Å². The van der Waals surface area contributed by atoms with Gasteiger partial charge >= 0.3 is 6.03 Å². The van der Waals surface area contributed by atoms with Crippen LogP contribution in [0.1, 0.15) is 48.1 Å². The average molecular weight is 441 g/mol. The van der Waals surface area contributed by atoms with Crippen LogP contribution < -0.4 is 5.32 Å². The number of benzene rings is 1. The van der Waals surface area contributed by atoms with Gasteiger partial charge in [-0.15, -0.1) is 0 Å². The number of nitrogens with zero attached hydrogens (tertiary/aromatic N) is 5. The number of amides is 3. The zero-order valence-electron chi connectivity index (χ0n) is 18.9. The monoisotopic (exact) mass is 440 g/mol. The summed E-state index contributed by atoms with van der Waals surface area (Å²) in [4.78, 5) is 35.6. The molecule has 1 unspecified atom stereocenters. The highest BCUT2D eigenvalue weighted by Gasteiger charge is 2.33. The number of aryl methyl sites for hydroxylation is 2. The first-order chi connectivity index (χ1) is 15.5. The summed E-state index contributed by atoms with van der Waals surface area (Å²) >= 11 is 0. The van der Waals surface area contributed by atoms with Gasteiger partial charge in [-0.2, -0.15) is 4.98 Å². The Hall–Kier alpha value is -2.94. The fraction of sp³-hybridized carbons (Fsp3) is 0.565. The first-order valence-electron chi connectivity index (χ1n) is 11.4. The van der Waals surface area contributed by atoms with Gasteiger partial charge in [0.2, 0.25) is 11.8 Å². The second kappa shape index (κ2) is 10.1. The highest BCUT2D eigenvalue weighted by Crippen LogP contribution is 2.30. The van der Waals surface area contributed by atoms with Crippen LogP contribution in [0.2, 0.25) is 0 Å². The fourth-order valence-electron chi connectivity index (χ4n) is 4.20. The van der Waals surface area contributed by atoms with E-state index in [1.165, 1.54) is 5.56 Å². The average Bonchev–Trinajstić information content (AvgIpc) is 3.47. The Morgan fingerprint density at radius 3 is 2.62 bits per heavy atom. The maximum atomic E-state index is 12.8. The van der Waals surface area contributed by atoms with E-state index in [1.807, 2.05) is 36.1 Å². The molecule has 172 valence electrons. The second-order valence-electron chi connectivity index (χ2n) is 8.73. The molecule has 9 nitrogen and oxygen atoms in total. The van der Waals surface area contributed by atoms with Crippen molar-refractivity contribution in [3.63, 3.8) is 0 Å². The lowest BCUT2D eigenvalue weighted by Gasteiger charge is -2.32. The Balaban J connectivity index is 1.29. The van der Waals surface area contributed by atoms with Crippen molar-refractivity contribution in [2.75, 3.05) is 39.8 Å². The lowest BCUT2D eigenvalue weighted by Crippen LogP contribution is -2.47. The normalized spacial score (nSPS) is 19.4. The first kappa shape index (κ1) is 22.3. The van der Waals surface area contributed by atoms with Gasteiger partial charge in [0.1, 0.15) is 0 Å². The van der Waals surface area contributed by atoms with Crippen LogP contribution in [0.3, 0.4) is 0 Å². The molecule has 1 N–H and O–H groups in total. The molecule has 3 heterocycles. The number of piperazine rings is 1. The van der Waals surface area contributed by atoms with E-state index in [1.54, 1.807) is 4.90 Å². The molecule has 32 heavy (non-hydrogen) atoms. The number of rotatable bonds is 6. The molecule has 2 fully saturated rings. The number of hydrogen-bond acceptors (Lipinski definition) is 6. The van der Waals surface area contributed by atoms with Crippen LogP contribution in [0, 0.1) is 6.92 Å². The summed E-state index contributed by atoms with van der Waals surface area (Å²) in [5.41, 5.74) is 2.25. The van der Waals surface area contributed by atoms with Gasteiger partial charge in [0.15, 0.2) is 5.82 Å². The minimum Gasteiger partial charge on any atom is -0.340 e. The Labute approximate surface area is 188 Å². The smallest absolute Gasteiger partial charge is 0.318 e. The molecule has 0 saturated carbocycles. The summed E-state index contributed by atoms with van der Waals surface area (Å²) < 4.78 is 5.40. The highest BCUT2D eigenvalue weighted by atomic mass is 16.5. The summed E-state index contributed by atoms with van der Waals surface area (Å²) in [5.74, 6) is 1.10. The van der Waals surface area contributed by atoms with E-state index in [0.717, 1.165) is 44.6 Å². The summed E-state index contributed by atoms with van der Waals surface area (Å²) in [7, 11) is 2.07. The topological polar surface area (TPSA) is 94.8 Å². The van der Waals surface area contributed by atoms with Crippen LogP contribution in [-0.2, 0) is 17.8 Å². The summed E-state index contributed by atoms with van der Waals surface area (Å²) in [6.07, 6.45) is 2.48. The van der Waals surface area contributed by atoms with Crippen molar-refractivity contribution in [3.05, 3.63) is 47.1 Å². The van der Waals surface area contributed by atoms with Gasteiger partial charge in [0.05, 0.1) is 6.04 Å². The van der Waals surface area contributed by atoms with Crippen molar-refractivity contribution in [2.45, 2.75) is 45.2 Å². The van der Waals surface area contributed by atoms with Crippen LogP contribution >= 0.6 is 0 Å². The Morgan fingerprint density at radius 2 is 1.88 bits per heavy atom. The molecule has 2 aliphatic heterocycles. The van der Waals surface area contributed by atoms with Gasteiger partial charge in [0.25, 0.3) is 0 Å². The van der Waals surface area contributed by atoms with Crippen LogP contribution in [0.5, 0.6) is 0 Å². The number of likely N-dealkylation sites (N-methyl/N-ethyl adjacent to an activating group) is 1. The number of carbonyl (C=O) groups is 2. The maximum absolute atomic E-state index is 12.8. The van der Waals surface area contributed by atoms with E-state index < -0.39 is 0 Å². The SMILES string of the molecule is Cc1ccc(CNC(=O)N2CCCC2c2noc(CCC(=O)N3CCN(C)CC3)n2)cc1. The third-order valence-electron chi connectivity index (χ3n) is 6.27. The Kier molecular flexibility index (Phi) is 7.04. The zero-order chi connectivity index (χ0) is 22.5. The van der Waals surface area contributed by atoms with Crippen molar-refractivity contribution in [3.8, 4) is 0 Å². The van der Waals surface area contributed by atoms with E-state index in [9.17, 15) is 9.59 Å². The quantitative estimate of drug-likeness (QED) is 0.740. The van der Waals surface area contributed by atoms with Crippen LogP contribution in [0.15, 0.2) is 28.8 Å². The fourth-order valence-corrected chi connectivity index (χ4v) is 4.20. The minimum atomic E-state index is -0.196. The van der Waals surface area contributed by atoms with Gasteiger partial charge in [-0.1, -0.05) is 35.0 Å². The number of likely N-dealkylation sites (tertiary alicyclic amines) is 1. The third kappa shape index (κ3) is 5.45. The standard InChI is InChI=1S/C23H32N6O3/c1-17-5-7-18(8-6-17)16-24-23(31)29-11-3-4-19(29)22-25-20(32-26-22)9-10-21(30)28-14-12-27(2)13-15-28/h5-8,19H,3-4,9-16H2,1-2H3,(H,24,31). The van der Waals surface area contributed by atoms with Crippen LogP contribution in [-0.4, -0.2) is 76.6 Å². The molecule has 2 saturated heterocycles. The molecule has 0 aliphatic carbocycles. The molecule has 1 aromatic carbocycles. The lowest BCUT2D eigenvalue weighted by atomic mass is 10.1. The predicted molar refractivity (Wildman–Crippen MR) is 119 cm³/mol. The Morgan fingerprint density at radius 1 is 1.12 bits per heavy atom. The maximum Gasteiger partial charge on any atom is 0.318 e. The minimum absolute atomic E-state index is 0.121. The molecule has 3 amide bonds. The van der Waals surface area contributed by atoms with Crippen LogP contribution in [0.4, 0.5) is 4.79 Å². The molecule has 2 aliphatic rings. The second-order valence-corrected chi connectivity index (χ2v) is 8.73. The highest BCUT2D eigenvalue weighted by molar-refractivity contribution is 5.76. The molecule has 0 spiro atoms. The van der Waals surface area contributed by atoms with E-state index in [4.69, 9.17) is 4.52 Å². The molecular weight excluding hydrogens is 408 g/mol. The van der Waals surface area contributed by atoms with E-state index >= 15 is 0 Å². The molecular formula is C23H32N6O3. The zero-order valence-corrected chi connectivity index (χ0v) is 18.9. The van der Waals surface area contributed by atoms with E-state index in [0.29, 0.717) is 37.6 Å². The summed E-state index contributed by atoms with van der Waals surface area (Å²) in [6, 6.07) is 7.80. The first-order valence-corrected chi connectivity index (χ1v) is 11.4. The summed E-state index contributed by atoms with van der Waals surface area (Å²) in [5, 5.41) is 7.11. The Bertz CT molecular complexity index is 920. The number of hydrogen-bond donors (Lipinski definition) is 1.